The number of hydrogen-bond acceptors (Lipinski definition) is 1. The van der Waals surface area contributed by atoms with Crippen LogP contribution < -0.4 is 0 Å². The van der Waals surface area contributed by atoms with E-state index in [1.54, 1.807) is 0 Å². The first kappa shape index (κ1) is 11.6. The lowest BCUT2D eigenvalue weighted by Crippen LogP contribution is -2.10. The van der Waals surface area contributed by atoms with Crippen LogP contribution in [0, 0.1) is 17.8 Å². The highest BCUT2D eigenvalue weighted by Crippen LogP contribution is 2.24. The Labute approximate surface area is 87.9 Å². The molecule has 14 heavy (non-hydrogen) atoms. The van der Waals surface area contributed by atoms with Gasteiger partial charge in [0.25, 0.3) is 0 Å². The fourth-order valence-electron chi connectivity index (χ4n) is 1.95. The van der Waals surface area contributed by atoms with Gasteiger partial charge < -0.3 is 5.11 Å². The number of rotatable bonds is 4. The molecule has 0 aliphatic heterocycles. The lowest BCUT2D eigenvalue weighted by molar-refractivity contribution is 0.157. The monoisotopic (exact) mass is 194 g/mol. The van der Waals surface area contributed by atoms with E-state index in [9.17, 15) is 5.11 Å². The van der Waals surface area contributed by atoms with Gasteiger partial charge in [-0.1, -0.05) is 32.1 Å². The van der Waals surface area contributed by atoms with Crippen molar-refractivity contribution in [1.29, 1.82) is 0 Å². The molecule has 1 aliphatic rings. The highest BCUT2D eigenvalue weighted by molar-refractivity contribution is 5.07. The molecule has 2 atom stereocenters. The zero-order valence-corrected chi connectivity index (χ0v) is 9.26. The van der Waals surface area contributed by atoms with Gasteiger partial charge in [0.1, 0.15) is 0 Å². The second-order valence-electron chi connectivity index (χ2n) is 4.24. The molecule has 1 saturated carbocycles. The predicted octanol–water partition coefficient (Wildman–Crippen LogP) is 3.12. The van der Waals surface area contributed by atoms with Crippen molar-refractivity contribution >= 4 is 0 Å². The molecule has 0 aromatic heterocycles. The van der Waals surface area contributed by atoms with E-state index in [0.717, 1.165) is 25.7 Å². The van der Waals surface area contributed by atoms with E-state index < -0.39 is 0 Å². The van der Waals surface area contributed by atoms with Crippen molar-refractivity contribution in [2.75, 3.05) is 0 Å². The molecule has 0 bridgehead atoms. The summed E-state index contributed by atoms with van der Waals surface area (Å²) >= 11 is 0. The topological polar surface area (TPSA) is 20.2 Å². The second-order valence-corrected chi connectivity index (χ2v) is 4.24. The minimum Gasteiger partial charge on any atom is -0.392 e. The quantitative estimate of drug-likeness (QED) is 0.538. The van der Waals surface area contributed by atoms with E-state index in [1.807, 2.05) is 0 Å². The first-order valence-corrected chi connectivity index (χ1v) is 6.01. The maximum atomic E-state index is 9.53. The lowest BCUT2D eigenvalue weighted by Gasteiger charge is -2.04. The van der Waals surface area contributed by atoms with Crippen LogP contribution in [0.3, 0.4) is 0 Å². The Balaban J connectivity index is 2.07. The third-order valence-corrected chi connectivity index (χ3v) is 2.92. The molecule has 0 spiro atoms. The van der Waals surface area contributed by atoms with Crippen molar-refractivity contribution in [1.82, 2.24) is 0 Å². The molecule has 0 saturated heterocycles. The summed E-state index contributed by atoms with van der Waals surface area (Å²) in [7, 11) is 0. The van der Waals surface area contributed by atoms with Crippen LogP contribution in [0.4, 0.5) is 0 Å². The molecule has 0 aromatic carbocycles. The summed E-state index contributed by atoms with van der Waals surface area (Å²) in [5.41, 5.74) is 0. The normalized spacial score (nSPS) is 25.9. The predicted molar refractivity (Wildman–Crippen MR) is 59.9 cm³/mol. The summed E-state index contributed by atoms with van der Waals surface area (Å²) in [6.07, 6.45) is 9.22. The van der Waals surface area contributed by atoms with E-state index in [1.165, 1.54) is 25.7 Å². The van der Waals surface area contributed by atoms with Crippen LogP contribution in [0.5, 0.6) is 0 Å². The molecular weight excluding hydrogens is 172 g/mol. The third-order valence-electron chi connectivity index (χ3n) is 2.92. The molecule has 1 nitrogen and oxygen atoms in total. The molecule has 0 aromatic rings. The maximum Gasteiger partial charge on any atom is 0.0677 e. The van der Waals surface area contributed by atoms with Gasteiger partial charge in [-0.3, -0.25) is 0 Å². The highest BCUT2D eigenvalue weighted by Gasteiger charge is 2.22. The third kappa shape index (κ3) is 4.15. The minimum absolute atomic E-state index is 0.141. The molecule has 0 unspecified atom stereocenters. The first-order chi connectivity index (χ1) is 6.84. The van der Waals surface area contributed by atoms with E-state index in [0.29, 0.717) is 0 Å². The van der Waals surface area contributed by atoms with Gasteiger partial charge in [0.2, 0.25) is 0 Å². The molecular formula is C13H22O. The van der Waals surface area contributed by atoms with Gasteiger partial charge in [0.05, 0.1) is 6.10 Å². The second kappa shape index (κ2) is 6.90. The molecule has 0 heterocycles. The van der Waals surface area contributed by atoms with Crippen molar-refractivity contribution < 1.29 is 5.11 Å². The SMILES string of the molecule is CCCCCCC#C[C@@H]1CCC[C@H]1O. The van der Waals surface area contributed by atoms with Gasteiger partial charge in [-0.2, -0.15) is 0 Å². The minimum atomic E-state index is -0.141. The van der Waals surface area contributed by atoms with Crippen molar-refractivity contribution in [3.8, 4) is 11.8 Å². The Morgan fingerprint density at radius 1 is 1.21 bits per heavy atom. The zero-order valence-electron chi connectivity index (χ0n) is 9.26. The van der Waals surface area contributed by atoms with Crippen LogP contribution in [0.25, 0.3) is 0 Å². The van der Waals surface area contributed by atoms with Gasteiger partial charge in [-0.05, 0) is 25.7 Å². The molecule has 80 valence electrons. The summed E-state index contributed by atoms with van der Waals surface area (Å²) in [6, 6.07) is 0. The Kier molecular flexibility index (Phi) is 5.71. The van der Waals surface area contributed by atoms with Crippen LogP contribution in [-0.2, 0) is 0 Å². The average molecular weight is 194 g/mol. The van der Waals surface area contributed by atoms with Gasteiger partial charge in [-0.25, -0.2) is 0 Å². The summed E-state index contributed by atoms with van der Waals surface area (Å²) in [4.78, 5) is 0. The van der Waals surface area contributed by atoms with Crippen molar-refractivity contribution in [2.24, 2.45) is 5.92 Å². The standard InChI is InChI=1S/C13H22O/c1-2-3-4-5-6-7-9-12-10-8-11-13(12)14/h12-14H,2-6,8,10-11H2,1H3/t12-,13-/m1/s1. The van der Waals surface area contributed by atoms with Gasteiger partial charge in [0.15, 0.2) is 0 Å². The zero-order chi connectivity index (χ0) is 10.2. The number of hydrogen-bond donors (Lipinski definition) is 1. The van der Waals surface area contributed by atoms with Crippen LogP contribution in [-0.4, -0.2) is 11.2 Å². The van der Waals surface area contributed by atoms with Crippen LogP contribution in [0.1, 0.15) is 58.3 Å². The van der Waals surface area contributed by atoms with Crippen molar-refractivity contribution in [2.45, 2.75) is 64.4 Å². The van der Waals surface area contributed by atoms with E-state index in [4.69, 9.17) is 0 Å². The highest BCUT2D eigenvalue weighted by atomic mass is 16.3. The number of unbranched alkanes of at least 4 members (excludes halogenated alkanes) is 4. The Morgan fingerprint density at radius 3 is 2.71 bits per heavy atom. The van der Waals surface area contributed by atoms with Gasteiger partial charge >= 0.3 is 0 Å². The van der Waals surface area contributed by atoms with Gasteiger partial charge in [0, 0.05) is 12.3 Å². The largest absolute Gasteiger partial charge is 0.392 e. The van der Waals surface area contributed by atoms with E-state index >= 15 is 0 Å². The molecule has 1 rings (SSSR count). The Morgan fingerprint density at radius 2 is 2.07 bits per heavy atom. The van der Waals surface area contributed by atoms with E-state index in [2.05, 4.69) is 18.8 Å². The molecule has 0 amide bonds. The van der Waals surface area contributed by atoms with Crippen molar-refractivity contribution in [3.63, 3.8) is 0 Å². The summed E-state index contributed by atoms with van der Waals surface area (Å²) in [5.74, 6) is 6.69. The molecule has 0 radical (unpaired) electrons. The Hall–Kier alpha value is -0.480. The van der Waals surface area contributed by atoms with Gasteiger partial charge in [-0.15, -0.1) is 5.92 Å². The maximum absolute atomic E-state index is 9.53. The number of aliphatic hydroxyl groups is 1. The fourth-order valence-corrected chi connectivity index (χ4v) is 1.95. The molecule has 1 aliphatic carbocycles. The molecule has 1 N–H and O–H groups in total. The first-order valence-electron chi connectivity index (χ1n) is 6.01. The summed E-state index contributed by atoms with van der Waals surface area (Å²) in [5, 5.41) is 9.53. The fraction of sp³-hybridized carbons (Fsp3) is 0.846. The average Bonchev–Trinajstić information content (AvgIpc) is 2.58. The summed E-state index contributed by atoms with van der Waals surface area (Å²) < 4.78 is 0. The smallest absolute Gasteiger partial charge is 0.0677 e. The Bertz CT molecular complexity index is 199. The van der Waals surface area contributed by atoms with E-state index in [-0.39, 0.29) is 12.0 Å². The molecule has 1 heteroatoms. The van der Waals surface area contributed by atoms with Crippen molar-refractivity contribution in [3.05, 3.63) is 0 Å². The number of aliphatic hydroxyl groups excluding tert-OH is 1. The summed E-state index contributed by atoms with van der Waals surface area (Å²) in [6.45, 7) is 2.22. The van der Waals surface area contributed by atoms with Crippen LogP contribution in [0.2, 0.25) is 0 Å². The molecule has 1 fully saturated rings. The lowest BCUT2D eigenvalue weighted by atomic mass is 10.1. The van der Waals surface area contributed by atoms with Crippen LogP contribution >= 0.6 is 0 Å². The van der Waals surface area contributed by atoms with Crippen LogP contribution in [0.15, 0.2) is 0 Å².